The van der Waals surface area contributed by atoms with Crippen LogP contribution in [0.1, 0.15) is 11.1 Å². The van der Waals surface area contributed by atoms with Gasteiger partial charge in [-0.3, -0.25) is 4.34 Å². The number of rotatable bonds is 6. The lowest BCUT2D eigenvalue weighted by molar-refractivity contribution is 0.284. The number of hydrogen-bond acceptors (Lipinski definition) is 3. The first-order valence-electron chi connectivity index (χ1n) is 6.00. The number of methoxy groups -OCH3 is 1. The number of nitrogens with one attached hydrogen (secondary N) is 1. The lowest BCUT2D eigenvalue weighted by Gasteiger charge is -2.12. The summed E-state index contributed by atoms with van der Waals surface area (Å²) in [5, 5.41) is 0. The molecule has 0 aliphatic rings. The molecule has 0 radical (unpaired) electrons. The van der Waals surface area contributed by atoms with Gasteiger partial charge in [-0.25, -0.2) is 0 Å². The van der Waals surface area contributed by atoms with Gasteiger partial charge in [-0.1, -0.05) is 36.4 Å². The predicted octanol–water partition coefficient (Wildman–Crippen LogP) is 3.67. The molecule has 4 heteroatoms. The van der Waals surface area contributed by atoms with Gasteiger partial charge in [-0.2, -0.15) is 0 Å². The van der Waals surface area contributed by atoms with Crippen LogP contribution in [-0.4, -0.2) is 7.11 Å². The Bertz CT molecular complexity index is 517. The van der Waals surface area contributed by atoms with Crippen LogP contribution in [0.15, 0.2) is 48.5 Å². The lowest BCUT2D eigenvalue weighted by Crippen LogP contribution is -2.01. The smallest absolute Gasteiger partial charge is 0.161 e. The van der Waals surface area contributed by atoms with Crippen LogP contribution in [0.4, 0.5) is 0 Å². The molecule has 0 saturated heterocycles. The summed E-state index contributed by atoms with van der Waals surface area (Å²) in [5.41, 5.74) is 2.26. The molecule has 0 bridgehead atoms. The summed E-state index contributed by atoms with van der Waals surface area (Å²) in [6.45, 7) is 1.26. The standard InChI is InChI=1S/C15H16BrNO2/c1-18-14-8-7-13(10-17-16)9-15(14)19-11-12-5-3-2-4-6-12/h2-9,17H,10-11H2,1H3. The van der Waals surface area contributed by atoms with Crippen LogP contribution in [0.2, 0.25) is 0 Å². The summed E-state index contributed by atoms with van der Waals surface area (Å²) in [6.07, 6.45) is 0. The zero-order valence-electron chi connectivity index (χ0n) is 10.7. The van der Waals surface area contributed by atoms with Crippen molar-refractivity contribution in [1.82, 2.24) is 4.34 Å². The van der Waals surface area contributed by atoms with Crippen LogP contribution in [0, 0.1) is 0 Å². The molecule has 0 amide bonds. The Morgan fingerprint density at radius 1 is 1.00 bits per heavy atom. The SMILES string of the molecule is COc1ccc(CNBr)cc1OCc1ccccc1. The zero-order chi connectivity index (χ0) is 13.5. The van der Waals surface area contributed by atoms with Crippen LogP contribution >= 0.6 is 16.1 Å². The molecule has 3 nitrogen and oxygen atoms in total. The second-order valence-corrected chi connectivity index (χ2v) is 4.63. The Morgan fingerprint density at radius 3 is 2.47 bits per heavy atom. The monoisotopic (exact) mass is 321 g/mol. The third-order valence-electron chi connectivity index (χ3n) is 2.74. The van der Waals surface area contributed by atoms with E-state index in [4.69, 9.17) is 9.47 Å². The molecule has 0 saturated carbocycles. The van der Waals surface area contributed by atoms with Gasteiger partial charge >= 0.3 is 0 Å². The largest absolute Gasteiger partial charge is 0.493 e. The van der Waals surface area contributed by atoms with Gasteiger partial charge in [0.2, 0.25) is 0 Å². The van der Waals surface area contributed by atoms with Crippen molar-refractivity contribution in [2.75, 3.05) is 7.11 Å². The summed E-state index contributed by atoms with van der Waals surface area (Å²) < 4.78 is 14.1. The summed E-state index contributed by atoms with van der Waals surface area (Å²) in [5.74, 6) is 1.50. The van der Waals surface area contributed by atoms with E-state index < -0.39 is 0 Å². The molecule has 0 unspecified atom stereocenters. The molecule has 0 atom stereocenters. The molecular formula is C15H16BrNO2. The van der Waals surface area contributed by atoms with Crippen LogP contribution < -0.4 is 13.8 Å². The quantitative estimate of drug-likeness (QED) is 0.823. The average Bonchev–Trinajstić information content (AvgIpc) is 2.47. The van der Waals surface area contributed by atoms with Crippen LogP contribution in [0.3, 0.4) is 0 Å². The molecule has 0 spiro atoms. The van der Waals surface area contributed by atoms with Crippen molar-refractivity contribution in [3.8, 4) is 11.5 Å². The zero-order valence-corrected chi connectivity index (χ0v) is 12.3. The van der Waals surface area contributed by atoms with Gasteiger partial charge in [0, 0.05) is 22.7 Å². The normalized spacial score (nSPS) is 10.2. The molecular weight excluding hydrogens is 306 g/mol. The van der Waals surface area contributed by atoms with E-state index in [-0.39, 0.29) is 0 Å². The minimum absolute atomic E-state index is 0.530. The first-order chi connectivity index (χ1) is 9.33. The molecule has 1 N–H and O–H groups in total. The number of halogens is 1. The number of ether oxygens (including phenoxy) is 2. The molecule has 2 rings (SSSR count). The third kappa shape index (κ3) is 3.98. The van der Waals surface area contributed by atoms with Crippen molar-refractivity contribution < 1.29 is 9.47 Å². The van der Waals surface area contributed by atoms with Gasteiger partial charge in [0.1, 0.15) is 6.61 Å². The van der Waals surface area contributed by atoms with Crippen molar-refractivity contribution in [3.05, 3.63) is 59.7 Å². The Morgan fingerprint density at radius 2 is 1.79 bits per heavy atom. The molecule has 2 aromatic carbocycles. The highest BCUT2D eigenvalue weighted by molar-refractivity contribution is 9.08. The highest BCUT2D eigenvalue weighted by atomic mass is 79.9. The molecule has 2 aromatic rings. The van der Waals surface area contributed by atoms with Gasteiger partial charge in [0.15, 0.2) is 11.5 Å². The molecule has 0 heterocycles. The minimum Gasteiger partial charge on any atom is -0.493 e. The van der Waals surface area contributed by atoms with E-state index in [9.17, 15) is 0 Å². The fourth-order valence-corrected chi connectivity index (χ4v) is 2.08. The maximum absolute atomic E-state index is 5.83. The fourth-order valence-electron chi connectivity index (χ4n) is 1.76. The van der Waals surface area contributed by atoms with Crippen molar-refractivity contribution in [3.63, 3.8) is 0 Å². The Balaban J connectivity index is 2.11. The summed E-state index contributed by atoms with van der Waals surface area (Å²) in [6, 6.07) is 16.0. The third-order valence-corrected chi connectivity index (χ3v) is 3.02. The van der Waals surface area contributed by atoms with E-state index in [1.807, 2.05) is 48.5 Å². The van der Waals surface area contributed by atoms with E-state index in [1.165, 1.54) is 0 Å². The van der Waals surface area contributed by atoms with Crippen molar-refractivity contribution >= 4 is 16.1 Å². The number of hydrogen-bond donors (Lipinski definition) is 1. The van der Waals surface area contributed by atoms with Crippen molar-refractivity contribution in [1.29, 1.82) is 0 Å². The average molecular weight is 322 g/mol. The van der Waals surface area contributed by atoms with Gasteiger partial charge in [-0.05, 0) is 23.3 Å². The topological polar surface area (TPSA) is 30.5 Å². The lowest BCUT2D eigenvalue weighted by atomic mass is 10.2. The van der Waals surface area contributed by atoms with E-state index in [2.05, 4.69) is 20.5 Å². The van der Waals surface area contributed by atoms with E-state index >= 15 is 0 Å². The maximum atomic E-state index is 5.83. The highest BCUT2D eigenvalue weighted by Crippen LogP contribution is 2.28. The van der Waals surface area contributed by atoms with Gasteiger partial charge < -0.3 is 9.47 Å². The second kappa shape index (κ2) is 7.16. The molecule has 0 aliphatic heterocycles. The van der Waals surface area contributed by atoms with Gasteiger partial charge in [0.25, 0.3) is 0 Å². The van der Waals surface area contributed by atoms with Crippen LogP contribution in [0.5, 0.6) is 11.5 Å². The molecule has 19 heavy (non-hydrogen) atoms. The first-order valence-corrected chi connectivity index (χ1v) is 6.80. The highest BCUT2D eigenvalue weighted by Gasteiger charge is 2.06. The fraction of sp³-hybridized carbons (Fsp3) is 0.200. The maximum Gasteiger partial charge on any atom is 0.161 e. The Hall–Kier alpha value is -1.52. The van der Waals surface area contributed by atoms with Crippen molar-refractivity contribution in [2.24, 2.45) is 0 Å². The second-order valence-electron chi connectivity index (χ2n) is 4.07. The van der Waals surface area contributed by atoms with Gasteiger partial charge in [-0.15, -0.1) is 0 Å². The Labute approximate surface area is 121 Å². The Kier molecular flexibility index (Phi) is 5.24. The van der Waals surface area contributed by atoms with E-state index in [1.54, 1.807) is 7.11 Å². The van der Waals surface area contributed by atoms with Crippen LogP contribution in [-0.2, 0) is 13.2 Å². The van der Waals surface area contributed by atoms with E-state index in [0.29, 0.717) is 6.61 Å². The predicted molar refractivity (Wildman–Crippen MR) is 79.5 cm³/mol. The summed E-state index contributed by atoms with van der Waals surface area (Å²) in [4.78, 5) is 0. The minimum atomic E-state index is 0.530. The van der Waals surface area contributed by atoms with Gasteiger partial charge in [0.05, 0.1) is 7.11 Å². The molecule has 0 aliphatic carbocycles. The summed E-state index contributed by atoms with van der Waals surface area (Å²) in [7, 11) is 1.65. The molecule has 100 valence electrons. The van der Waals surface area contributed by atoms with Crippen LogP contribution in [0.25, 0.3) is 0 Å². The van der Waals surface area contributed by atoms with Crippen molar-refractivity contribution in [2.45, 2.75) is 13.2 Å². The molecule has 0 aromatic heterocycles. The molecule has 0 fully saturated rings. The number of benzene rings is 2. The first kappa shape index (κ1) is 13.9. The van der Waals surface area contributed by atoms with E-state index in [0.717, 1.165) is 29.2 Å². The summed E-state index contributed by atoms with van der Waals surface area (Å²) >= 11 is 3.20.